The smallest absolute Gasteiger partial charge is 0.243 e. The van der Waals surface area contributed by atoms with Crippen LogP contribution in [0.3, 0.4) is 0 Å². The summed E-state index contributed by atoms with van der Waals surface area (Å²) in [5, 5.41) is 28.3. The summed E-state index contributed by atoms with van der Waals surface area (Å²) in [4.78, 5) is 13.1. The molecule has 3 rings (SSSR count). The number of hydrogen-bond donors (Lipinski definition) is 2. The second-order valence-corrected chi connectivity index (χ2v) is 5.67. The molecule has 0 aliphatic carbocycles. The summed E-state index contributed by atoms with van der Waals surface area (Å²) in [5.41, 5.74) is 1.63. The van der Waals surface area contributed by atoms with Crippen molar-refractivity contribution in [1.29, 1.82) is 0 Å². The number of hydrogen-bond acceptors (Lipinski definition) is 6. The Hall–Kier alpha value is -2.58. The van der Waals surface area contributed by atoms with Gasteiger partial charge in [-0.05, 0) is 27.6 Å². The van der Waals surface area contributed by atoms with Gasteiger partial charge in [0.2, 0.25) is 11.7 Å². The molecule has 118 valence electrons. The highest BCUT2D eigenvalue weighted by Crippen LogP contribution is 2.15. The molecule has 0 unspecified atom stereocenters. The van der Waals surface area contributed by atoms with Crippen LogP contribution in [-0.2, 0) is 11.3 Å². The van der Waals surface area contributed by atoms with Gasteiger partial charge in [-0.3, -0.25) is 4.79 Å². The predicted molar refractivity (Wildman–Crippen MR) is 85.5 cm³/mol. The van der Waals surface area contributed by atoms with E-state index in [9.17, 15) is 9.90 Å². The van der Waals surface area contributed by atoms with Gasteiger partial charge in [-0.25, -0.2) is 0 Å². The fourth-order valence-electron chi connectivity index (χ4n) is 1.99. The Morgan fingerprint density at radius 2 is 2.13 bits per heavy atom. The third-order valence-corrected chi connectivity index (χ3v) is 3.89. The number of thiophene rings is 1. The van der Waals surface area contributed by atoms with Crippen LogP contribution < -0.4 is 5.32 Å². The molecule has 3 aromatic rings. The van der Waals surface area contributed by atoms with E-state index in [0.717, 1.165) is 11.1 Å². The maximum Gasteiger partial charge on any atom is 0.243 e. The first-order valence-corrected chi connectivity index (χ1v) is 7.97. The summed E-state index contributed by atoms with van der Waals surface area (Å²) in [5.74, 6) is 0.188. The second-order valence-electron chi connectivity index (χ2n) is 4.89. The lowest BCUT2D eigenvalue weighted by Gasteiger charge is -2.09. The number of tetrazole rings is 1. The summed E-state index contributed by atoms with van der Waals surface area (Å²) in [7, 11) is 0. The minimum absolute atomic E-state index is 0.0454. The Morgan fingerprint density at radius 1 is 1.30 bits per heavy atom. The zero-order valence-electron chi connectivity index (χ0n) is 12.2. The van der Waals surface area contributed by atoms with Gasteiger partial charge in [0.05, 0.1) is 6.10 Å². The van der Waals surface area contributed by atoms with Crippen LogP contribution in [0, 0.1) is 0 Å². The second kappa shape index (κ2) is 7.12. The molecule has 1 aromatic carbocycles. The van der Waals surface area contributed by atoms with E-state index in [-0.39, 0.29) is 19.0 Å². The Bertz CT molecular complexity index is 757. The SMILES string of the molecule is O=C(Cn1nnc(-c2ccccc2)n1)NC[C@H](O)c1ccsc1. The van der Waals surface area contributed by atoms with Crippen LogP contribution in [0.1, 0.15) is 11.7 Å². The largest absolute Gasteiger partial charge is 0.387 e. The maximum absolute atomic E-state index is 11.9. The summed E-state index contributed by atoms with van der Waals surface area (Å²) in [6.07, 6.45) is -0.714. The number of carbonyl (C=O) groups is 1. The molecule has 1 atom stereocenters. The van der Waals surface area contributed by atoms with Crippen molar-refractivity contribution in [3.63, 3.8) is 0 Å². The van der Waals surface area contributed by atoms with Crippen LogP contribution in [0.25, 0.3) is 11.4 Å². The molecule has 0 spiro atoms. The van der Waals surface area contributed by atoms with Crippen molar-refractivity contribution in [2.75, 3.05) is 6.54 Å². The third kappa shape index (κ3) is 3.99. The molecule has 8 heteroatoms. The highest BCUT2D eigenvalue weighted by molar-refractivity contribution is 7.07. The first-order chi connectivity index (χ1) is 11.2. The molecule has 0 radical (unpaired) electrons. The molecule has 0 aliphatic rings. The highest BCUT2D eigenvalue weighted by atomic mass is 32.1. The van der Waals surface area contributed by atoms with Gasteiger partial charge < -0.3 is 10.4 Å². The Labute approximate surface area is 136 Å². The van der Waals surface area contributed by atoms with E-state index in [1.165, 1.54) is 16.1 Å². The van der Waals surface area contributed by atoms with Crippen molar-refractivity contribution in [2.45, 2.75) is 12.6 Å². The predicted octanol–water partition coefficient (Wildman–Crippen LogP) is 1.25. The number of aromatic nitrogens is 4. The van der Waals surface area contributed by atoms with Gasteiger partial charge in [0.25, 0.3) is 0 Å². The molecule has 2 heterocycles. The number of aliphatic hydroxyl groups is 1. The van der Waals surface area contributed by atoms with Gasteiger partial charge >= 0.3 is 0 Å². The minimum atomic E-state index is -0.714. The van der Waals surface area contributed by atoms with Crippen LogP contribution in [0.2, 0.25) is 0 Å². The van der Waals surface area contributed by atoms with E-state index in [2.05, 4.69) is 20.7 Å². The van der Waals surface area contributed by atoms with Crippen LogP contribution >= 0.6 is 11.3 Å². The van der Waals surface area contributed by atoms with Crippen molar-refractivity contribution in [2.24, 2.45) is 0 Å². The lowest BCUT2D eigenvalue weighted by atomic mass is 10.2. The number of rotatable bonds is 6. The number of benzene rings is 1. The molecule has 23 heavy (non-hydrogen) atoms. The quantitative estimate of drug-likeness (QED) is 0.710. The number of aliphatic hydroxyl groups excluding tert-OH is 1. The summed E-state index contributed by atoms with van der Waals surface area (Å²) in [6.45, 7) is 0.103. The van der Waals surface area contributed by atoms with Crippen LogP contribution in [0.5, 0.6) is 0 Å². The summed E-state index contributed by atoms with van der Waals surface area (Å²) in [6, 6.07) is 11.2. The molecule has 0 saturated heterocycles. The molecule has 7 nitrogen and oxygen atoms in total. The molecule has 0 bridgehead atoms. The van der Waals surface area contributed by atoms with E-state index in [1.807, 2.05) is 47.2 Å². The van der Waals surface area contributed by atoms with Crippen molar-refractivity contribution in [3.05, 3.63) is 52.7 Å². The van der Waals surface area contributed by atoms with Crippen LogP contribution in [-0.4, -0.2) is 37.8 Å². The first-order valence-electron chi connectivity index (χ1n) is 7.02. The topological polar surface area (TPSA) is 92.9 Å². The molecule has 0 saturated carbocycles. The van der Waals surface area contributed by atoms with E-state index in [1.54, 1.807) is 0 Å². The Kier molecular flexibility index (Phi) is 4.74. The highest BCUT2D eigenvalue weighted by Gasteiger charge is 2.12. The van der Waals surface area contributed by atoms with Gasteiger partial charge in [-0.15, -0.1) is 10.2 Å². The molecular weight excluding hydrogens is 314 g/mol. The van der Waals surface area contributed by atoms with E-state index < -0.39 is 6.10 Å². The van der Waals surface area contributed by atoms with Gasteiger partial charge in [-0.1, -0.05) is 30.3 Å². The van der Waals surface area contributed by atoms with Crippen molar-refractivity contribution >= 4 is 17.2 Å². The molecule has 1 amide bonds. The van der Waals surface area contributed by atoms with Crippen molar-refractivity contribution in [1.82, 2.24) is 25.5 Å². The molecular formula is C15H15N5O2S. The standard InChI is InChI=1S/C15H15N5O2S/c21-13(12-6-7-23-10-12)8-16-14(22)9-20-18-15(17-19-20)11-4-2-1-3-5-11/h1-7,10,13,21H,8-9H2,(H,16,22)/t13-/m0/s1. The molecule has 2 N–H and O–H groups in total. The van der Waals surface area contributed by atoms with Crippen LogP contribution in [0.4, 0.5) is 0 Å². The monoisotopic (exact) mass is 329 g/mol. The van der Waals surface area contributed by atoms with E-state index in [4.69, 9.17) is 0 Å². The maximum atomic E-state index is 11.9. The zero-order chi connectivity index (χ0) is 16.1. The van der Waals surface area contributed by atoms with Crippen molar-refractivity contribution in [3.8, 4) is 11.4 Å². The summed E-state index contributed by atoms with van der Waals surface area (Å²) < 4.78 is 0. The van der Waals surface area contributed by atoms with Gasteiger partial charge in [-0.2, -0.15) is 16.1 Å². The number of amides is 1. The zero-order valence-corrected chi connectivity index (χ0v) is 13.0. The van der Waals surface area contributed by atoms with Gasteiger partial charge in [0.15, 0.2) is 0 Å². The normalized spacial score (nSPS) is 12.0. The fourth-order valence-corrected chi connectivity index (χ4v) is 2.70. The Balaban J connectivity index is 1.53. The summed E-state index contributed by atoms with van der Waals surface area (Å²) >= 11 is 1.50. The molecule has 2 aromatic heterocycles. The molecule has 0 fully saturated rings. The average molecular weight is 329 g/mol. The molecule has 0 aliphatic heterocycles. The number of nitrogens with zero attached hydrogens (tertiary/aromatic N) is 4. The van der Waals surface area contributed by atoms with Gasteiger partial charge in [0.1, 0.15) is 6.54 Å². The lowest BCUT2D eigenvalue weighted by molar-refractivity contribution is -0.122. The Morgan fingerprint density at radius 3 is 2.87 bits per heavy atom. The number of carbonyl (C=O) groups excluding carboxylic acids is 1. The van der Waals surface area contributed by atoms with Crippen LogP contribution in [0.15, 0.2) is 47.2 Å². The minimum Gasteiger partial charge on any atom is -0.387 e. The third-order valence-electron chi connectivity index (χ3n) is 3.19. The van der Waals surface area contributed by atoms with Gasteiger partial charge in [0, 0.05) is 12.1 Å². The fraction of sp³-hybridized carbons (Fsp3) is 0.200. The van der Waals surface area contributed by atoms with E-state index in [0.29, 0.717) is 5.82 Å². The average Bonchev–Trinajstić information content (AvgIpc) is 3.25. The first kappa shape index (κ1) is 15.3. The van der Waals surface area contributed by atoms with E-state index >= 15 is 0 Å². The number of nitrogens with one attached hydrogen (secondary N) is 1. The van der Waals surface area contributed by atoms with Crippen molar-refractivity contribution < 1.29 is 9.90 Å². The lowest BCUT2D eigenvalue weighted by Crippen LogP contribution is -2.32.